The zero-order chi connectivity index (χ0) is 24.0. The molecule has 1 aliphatic heterocycles. The molecule has 1 fully saturated rings. The molecular weight excluding hydrogens is 418 g/mol. The molecule has 0 bridgehead atoms. The maximum atomic E-state index is 13.2. The van der Waals surface area contributed by atoms with E-state index in [1.165, 1.54) is 0 Å². The molecule has 1 N–H and O–H groups in total. The van der Waals surface area contributed by atoms with Crippen LogP contribution in [-0.2, 0) is 14.3 Å². The summed E-state index contributed by atoms with van der Waals surface area (Å²) < 4.78 is 11.3. The van der Waals surface area contributed by atoms with Crippen molar-refractivity contribution in [2.45, 2.75) is 52.7 Å². The van der Waals surface area contributed by atoms with Crippen LogP contribution < -0.4 is 4.74 Å². The lowest BCUT2D eigenvalue weighted by molar-refractivity contribution is -0.140. The molecule has 2 aromatic rings. The standard InChI is InChI=1S/C27H33NO5/c1-5-15-33-21-12-8-11-20(17-21)25(29)23-24(22-13-7-6-10-19(22)4)28(27(31)26(23)30)14-9-16-32-18(2)3/h6-8,10-13,17-18,24,29H,5,9,14-16H2,1-4H3/b25-23+. The van der Waals surface area contributed by atoms with Crippen LogP contribution in [0, 0.1) is 6.92 Å². The molecule has 1 amide bonds. The molecule has 176 valence electrons. The van der Waals surface area contributed by atoms with Crippen molar-refractivity contribution >= 4 is 17.4 Å². The molecule has 3 rings (SSSR count). The highest BCUT2D eigenvalue weighted by molar-refractivity contribution is 6.46. The van der Waals surface area contributed by atoms with Gasteiger partial charge in [0.05, 0.1) is 24.3 Å². The van der Waals surface area contributed by atoms with Crippen LogP contribution in [0.2, 0.25) is 0 Å². The van der Waals surface area contributed by atoms with Crippen LogP contribution in [0.3, 0.4) is 0 Å². The minimum absolute atomic E-state index is 0.0924. The van der Waals surface area contributed by atoms with E-state index in [1.807, 2.05) is 52.0 Å². The van der Waals surface area contributed by atoms with Gasteiger partial charge >= 0.3 is 0 Å². The Bertz CT molecular complexity index is 1030. The van der Waals surface area contributed by atoms with E-state index in [2.05, 4.69) is 0 Å². The number of ether oxygens (including phenoxy) is 2. The topological polar surface area (TPSA) is 76.1 Å². The Morgan fingerprint density at radius 3 is 2.55 bits per heavy atom. The third-order valence-corrected chi connectivity index (χ3v) is 5.60. The molecule has 1 atom stereocenters. The number of hydrogen-bond acceptors (Lipinski definition) is 5. The molecule has 0 radical (unpaired) electrons. The van der Waals surface area contributed by atoms with Crippen molar-refractivity contribution in [1.82, 2.24) is 4.90 Å². The van der Waals surface area contributed by atoms with Crippen molar-refractivity contribution in [2.75, 3.05) is 19.8 Å². The fourth-order valence-corrected chi connectivity index (χ4v) is 3.99. The molecule has 0 aliphatic carbocycles. The maximum absolute atomic E-state index is 13.2. The summed E-state index contributed by atoms with van der Waals surface area (Å²) in [6.07, 6.45) is 1.54. The summed E-state index contributed by atoms with van der Waals surface area (Å²) in [5.41, 5.74) is 2.32. The number of carbonyl (C=O) groups excluding carboxylic acids is 2. The average Bonchev–Trinajstić information content (AvgIpc) is 3.05. The fraction of sp³-hybridized carbons (Fsp3) is 0.407. The van der Waals surface area contributed by atoms with Crippen LogP contribution in [0.25, 0.3) is 5.76 Å². The van der Waals surface area contributed by atoms with Gasteiger partial charge in [0.25, 0.3) is 11.7 Å². The molecule has 0 spiro atoms. The number of aliphatic hydroxyl groups is 1. The summed E-state index contributed by atoms with van der Waals surface area (Å²) >= 11 is 0. The summed E-state index contributed by atoms with van der Waals surface area (Å²) in [6, 6.07) is 14.0. The Morgan fingerprint density at radius 2 is 1.85 bits per heavy atom. The van der Waals surface area contributed by atoms with Gasteiger partial charge in [-0.3, -0.25) is 9.59 Å². The Kier molecular flexibility index (Phi) is 8.28. The van der Waals surface area contributed by atoms with Gasteiger partial charge in [-0.1, -0.05) is 43.3 Å². The second-order valence-corrected chi connectivity index (χ2v) is 8.50. The van der Waals surface area contributed by atoms with E-state index >= 15 is 0 Å². The lowest BCUT2D eigenvalue weighted by Crippen LogP contribution is -2.31. The third kappa shape index (κ3) is 5.63. The number of aryl methyl sites for hydroxylation is 1. The first-order valence-corrected chi connectivity index (χ1v) is 11.5. The van der Waals surface area contributed by atoms with E-state index in [0.717, 1.165) is 17.5 Å². The van der Waals surface area contributed by atoms with Crippen molar-refractivity contribution in [3.63, 3.8) is 0 Å². The molecular formula is C27H33NO5. The fourth-order valence-electron chi connectivity index (χ4n) is 3.99. The Hall–Kier alpha value is -3.12. The van der Waals surface area contributed by atoms with Crippen LogP contribution >= 0.6 is 0 Å². The van der Waals surface area contributed by atoms with Crippen molar-refractivity contribution in [3.05, 3.63) is 70.8 Å². The molecule has 6 nitrogen and oxygen atoms in total. The largest absolute Gasteiger partial charge is 0.507 e. The van der Waals surface area contributed by atoms with Crippen molar-refractivity contribution in [3.8, 4) is 5.75 Å². The summed E-state index contributed by atoms with van der Waals surface area (Å²) in [6.45, 7) is 9.26. The minimum atomic E-state index is -0.676. The third-order valence-electron chi connectivity index (χ3n) is 5.60. The Labute approximate surface area is 195 Å². The summed E-state index contributed by atoms with van der Waals surface area (Å²) in [5, 5.41) is 11.2. The summed E-state index contributed by atoms with van der Waals surface area (Å²) in [7, 11) is 0. The number of aliphatic hydroxyl groups excluding tert-OH is 1. The first-order valence-electron chi connectivity index (χ1n) is 11.5. The van der Waals surface area contributed by atoms with Gasteiger partial charge in [-0.05, 0) is 56.9 Å². The molecule has 1 heterocycles. The molecule has 2 aromatic carbocycles. The number of amides is 1. The Morgan fingerprint density at radius 1 is 1.09 bits per heavy atom. The van der Waals surface area contributed by atoms with Gasteiger partial charge < -0.3 is 19.5 Å². The second-order valence-electron chi connectivity index (χ2n) is 8.50. The molecule has 1 aliphatic rings. The normalized spacial score (nSPS) is 17.7. The highest BCUT2D eigenvalue weighted by Gasteiger charge is 2.46. The number of nitrogens with zero attached hydrogens (tertiary/aromatic N) is 1. The SMILES string of the molecule is CCCOc1cccc(/C(O)=C2\C(=O)C(=O)N(CCCOC(C)C)C2c2ccccc2C)c1. The van der Waals surface area contributed by atoms with Gasteiger partial charge in [0.1, 0.15) is 11.5 Å². The zero-order valence-electron chi connectivity index (χ0n) is 19.8. The van der Waals surface area contributed by atoms with Crippen LogP contribution in [0.15, 0.2) is 54.1 Å². The maximum Gasteiger partial charge on any atom is 0.295 e. The van der Waals surface area contributed by atoms with Gasteiger partial charge in [-0.25, -0.2) is 0 Å². The number of ketones is 1. The van der Waals surface area contributed by atoms with E-state index in [4.69, 9.17) is 9.47 Å². The molecule has 6 heteroatoms. The number of benzene rings is 2. The molecule has 33 heavy (non-hydrogen) atoms. The molecule has 0 aromatic heterocycles. The summed E-state index contributed by atoms with van der Waals surface area (Å²) in [5.74, 6) is -0.865. The highest BCUT2D eigenvalue weighted by Crippen LogP contribution is 2.40. The lowest BCUT2D eigenvalue weighted by atomic mass is 9.92. The van der Waals surface area contributed by atoms with Gasteiger partial charge in [-0.15, -0.1) is 0 Å². The predicted molar refractivity (Wildman–Crippen MR) is 128 cm³/mol. The predicted octanol–water partition coefficient (Wildman–Crippen LogP) is 5.02. The number of rotatable bonds is 10. The molecule has 1 saturated heterocycles. The quantitative estimate of drug-likeness (QED) is 0.238. The van der Waals surface area contributed by atoms with E-state index in [1.54, 1.807) is 29.2 Å². The van der Waals surface area contributed by atoms with E-state index in [0.29, 0.717) is 37.5 Å². The van der Waals surface area contributed by atoms with Crippen LogP contribution in [0.1, 0.15) is 56.3 Å². The smallest absolute Gasteiger partial charge is 0.295 e. The molecule has 1 unspecified atom stereocenters. The number of Topliss-reactive ketones (excluding diaryl/α,β-unsaturated/α-hetero) is 1. The van der Waals surface area contributed by atoms with E-state index in [9.17, 15) is 14.7 Å². The Balaban J connectivity index is 2.03. The van der Waals surface area contributed by atoms with Crippen molar-refractivity contribution in [1.29, 1.82) is 0 Å². The van der Waals surface area contributed by atoms with Gasteiger partial charge in [0.2, 0.25) is 0 Å². The van der Waals surface area contributed by atoms with Crippen molar-refractivity contribution in [2.24, 2.45) is 0 Å². The number of hydrogen-bond donors (Lipinski definition) is 1. The van der Waals surface area contributed by atoms with E-state index in [-0.39, 0.29) is 17.4 Å². The van der Waals surface area contributed by atoms with Crippen molar-refractivity contribution < 1.29 is 24.2 Å². The monoisotopic (exact) mass is 451 g/mol. The highest BCUT2D eigenvalue weighted by atomic mass is 16.5. The van der Waals surface area contributed by atoms with Gasteiger partial charge in [0.15, 0.2) is 0 Å². The average molecular weight is 452 g/mol. The molecule has 0 saturated carbocycles. The van der Waals surface area contributed by atoms with E-state index < -0.39 is 17.7 Å². The summed E-state index contributed by atoms with van der Waals surface area (Å²) in [4.78, 5) is 27.8. The minimum Gasteiger partial charge on any atom is -0.507 e. The first-order chi connectivity index (χ1) is 15.8. The lowest BCUT2D eigenvalue weighted by Gasteiger charge is -2.26. The van der Waals surface area contributed by atoms with Gasteiger partial charge in [-0.2, -0.15) is 0 Å². The van der Waals surface area contributed by atoms with Crippen LogP contribution in [0.4, 0.5) is 0 Å². The van der Waals surface area contributed by atoms with Crippen LogP contribution in [-0.4, -0.2) is 47.6 Å². The number of carbonyl (C=O) groups is 2. The number of likely N-dealkylation sites (tertiary alicyclic amines) is 1. The second kappa shape index (κ2) is 11.1. The van der Waals surface area contributed by atoms with Crippen LogP contribution in [0.5, 0.6) is 5.75 Å². The first kappa shape index (κ1) is 24.5. The zero-order valence-corrected chi connectivity index (χ0v) is 19.8. The van der Waals surface area contributed by atoms with Gasteiger partial charge in [0, 0.05) is 18.7 Å².